The smallest absolute Gasteiger partial charge is 0.410 e. The van der Waals surface area contributed by atoms with E-state index in [-0.39, 0.29) is 24.3 Å². The highest BCUT2D eigenvalue weighted by Crippen LogP contribution is 2.38. The zero-order chi connectivity index (χ0) is 26.5. The summed E-state index contributed by atoms with van der Waals surface area (Å²) in [5.41, 5.74) is 2.02. The second kappa shape index (κ2) is 11.2. The maximum Gasteiger partial charge on any atom is 0.410 e. The van der Waals surface area contributed by atoms with Crippen LogP contribution >= 0.6 is 11.3 Å². The Kier molecular flexibility index (Phi) is 7.83. The number of thiophene rings is 1. The molecule has 192 valence electrons. The number of nitrogens with zero attached hydrogens (tertiary/aromatic N) is 1. The number of carbonyl (C=O) groups excluding carboxylic acids is 4. The van der Waals surface area contributed by atoms with Crippen molar-refractivity contribution < 1.29 is 33.0 Å². The maximum atomic E-state index is 13.4. The predicted molar refractivity (Wildman–Crippen MR) is 136 cm³/mol. The minimum absolute atomic E-state index is 0.227. The molecule has 0 bridgehead atoms. The number of fused-ring (bicyclic) bond motifs is 1. The molecule has 0 saturated heterocycles. The maximum absolute atomic E-state index is 13.4. The van der Waals surface area contributed by atoms with Gasteiger partial charge in [-0.2, -0.15) is 0 Å². The molecule has 11 heteroatoms. The number of esters is 1. The summed E-state index contributed by atoms with van der Waals surface area (Å²) in [5, 5.41) is 5.89. The van der Waals surface area contributed by atoms with Gasteiger partial charge in [-0.1, -0.05) is 0 Å². The van der Waals surface area contributed by atoms with E-state index in [1.165, 1.54) is 54.8 Å². The number of ether oxygens (including phenoxy) is 2. The monoisotopic (exact) mass is 525 g/mol. The minimum Gasteiger partial charge on any atom is -0.465 e. The Hall–Kier alpha value is -4.25. The Morgan fingerprint density at radius 3 is 2.30 bits per heavy atom. The SMILES string of the molecule is CCOC(=O)N1CCc2c(sc(NC(=O)c3ccc(F)cc3)c2C(=O)Nc2ccc(C(=O)OC)cc2)C1. The molecule has 0 saturated carbocycles. The molecule has 1 aliphatic heterocycles. The highest BCUT2D eigenvalue weighted by Gasteiger charge is 2.31. The van der Waals surface area contributed by atoms with Gasteiger partial charge in [-0.3, -0.25) is 9.59 Å². The van der Waals surface area contributed by atoms with Crippen LogP contribution in [0.4, 0.5) is 19.9 Å². The third kappa shape index (κ3) is 5.78. The fourth-order valence-corrected chi connectivity index (χ4v) is 5.14. The van der Waals surface area contributed by atoms with Crippen molar-refractivity contribution in [3.05, 3.63) is 81.5 Å². The van der Waals surface area contributed by atoms with E-state index in [1.54, 1.807) is 24.0 Å². The van der Waals surface area contributed by atoms with Crippen molar-refractivity contribution in [1.82, 2.24) is 4.90 Å². The summed E-state index contributed by atoms with van der Waals surface area (Å²) < 4.78 is 23.1. The summed E-state index contributed by atoms with van der Waals surface area (Å²) in [6, 6.07) is 11.3. The van der Waals surface area contributed by atoms with Crippen LogP contribution in [0.3, 0.4) is 0 Å². The van der Waals surface area contributed by atoms with Gasteiger partial charge in [0.2, 0.25) is 0 Å². The van der Waals surface area contributed by atoms with Crippen molar-refractivity contribution in [1.29, 1.82) is 0 Å². The Morgan fingerprint density at radius 2 is 1.65 bits per heavy atom. The molecule has 2 aromatic carbocycles. The molecule has 9 nitrogen and oxygen atoms in total. The van der Waals surface area contributed by atoms with Crippen LogP contribution in [0.5, 0.6) is 0 Å². The average Bonchev–Trinajstić information content (AvgIpc) is 3.26. The molecular weight excluding hydrogens is 501 g/mol. The van der Waals surface area contributed by atoms with Crippen molar-refractivity contribution in [2.75, 3.05) is 30.9 Å². The van der Waals surface area contributed by atoms with E-state index in [1.807, 2.05) is 0 Å². The third-order valence-corrected chi connectivity index (χ3v) is 6.84. The van der Waals surface area contributed by atoms with Crippen molar-refractivity contribution in [2.45, 2.75) is 19.9 Å². The van der Waals surface area contributed by atoms with Gasteiger partial charge in [-0.05, 0) is 67.4 Å². The molecule has 3 amide bonds. The number of hydrogen-bond donors (Lipinski definition) is 2. The van der Waals surface area contributed by atoms with Gasteiger partial charge in [0.05, 0.1) is 31.4 Å². The molecule has 0 aliphatic carbocycles. The van der Waals surface area contributed by atoms with Crippen LogP contribution in [0, 0.1) is 5.82 Å². The first-order valence-corrected chi connectivity index (χ1v) is 12.2. The normalized spacial score (nSPS) is 12.4. The Labute approximate surface area is 216 Å². The van der Waals surface area contributed by atoms with Crippen LogP contribution in [0.15, 0.2) is 48.5 Å². The quantitative estimate of drug-likeness (QED) is 0.451. The van der Waals surface area contributed by atoms with Gasteiger partial charge in [-0.15, -0.1) is 11.3 Å². The lowest BCUT2D eigenvalue weighted by atomic mass is 10.0. The summed E-state index contributed by atoms with van der Waals surface area (Å²) in [6.45, 7) is 2.55. The molecule has 1 aromatic heterocycles. The molecule has 3 aromatic rings. The van der Waals surface area contributed by atoms with E-state index in [2.05, 4.69) is 10.6 Å². The Bertz CT molecular complexity index is 1340. The number of amides is 3. The zero-order valence-electron chi connectivity index (χ0n) is 20.1. The number of anilines is 2. The van der Waals surface area contributed by atoms with E-state index >= 15 is 0 Å². The molecule has 0 spiro atoms. The second-order valence-corrected chi connectivity index (χ2v) is 9.17. The van der Waals surface area contributed by atoms with Crippen molar-refractivity contribution in [3.8, 4) is 0 Å². The van der Waals surface area contributed by atoms with Crippen LogP contribution in [0.2, 0.25) is 0 Å². The highest BCUT2D eigenvalue weighted by molar-refractivity contribution is 7.17. The van der Waals surface area contributed by atoms with Crippen LogP contribution in [-0.4, -0.2) is 49.0 Å². The molecule has 4 rings (SSSR count). The molecule has 0 atom stereocenters. The van der Waals surface area contributed by atoms with Gasteiger partial charge < -0.3 is 25.0 Å². The van der Waals surface area contributed by atoms with Crippen molar-refractivity contribution in [3.63, 3.8) is 0 Å². The largest absolute Gasteiger partial charge is 0.465 e. The van der Waals surface area contributed by atoms with Gasteiger partial charge in [-0.25, -0.2) is 14.0 Å². The van der Waals surface area contributed by atoms with Gasteiger partial charge >= 0.3 is 12.1 Å². The third-order valence-electron chi connectivity index (χ3n) is 5.71. The first kappa shape index (κ1) is 25.8. The molecule has 2 N–H and O–H groups in total. The first-order valence-electron chi connectivity index (χ1n) is 11.4. The van der Waals surface area contributed by atoms with Crippen LogP contribution in [0.1, 0.15) is 48.4 Å². The summed E-state index contributed by atoms with van der Waals surface area (Å²) in [5.74, 6) is -1.93. The standard InChI is InChI=1S/C26H24FN3O6S/c1-3-36-26(34)30-13-12-19-20(14-30)37-24(29-22(31)15-4-8-17(27)9-5-15)21(19)23(32)28-18-10-6-16(7-11-18)25(33)35-2/h4-11H,3,12-14H2,1-2H3,(H,28,32)(H,29,31). The number of rotatable bonds is 6. The number of carbonyl (C=O) groups is 4. The van der Waals surface area contributed by atoms with E-state index < -0.39 is 29.7 Å². The summed E-state index contributed by atoms with van der Waals surface area (Å²) >= 11 is 1.20. The predicted octanol–water partition coefficient (Wildman–Crippen LogP) is 4.69. The molecular formula is C26H24FN3O6S. The second-order valence-electron chi connectivity index (χ2n) is 8.06. The topological polar surface area (TPSA) is 114 Å². The van der Waals surface area contributed by atoms with Gasteiger partial charge in [0.25, 0.3) is 11.8 Å². The molecule has 2 heterocycles. The van der Waals surface area contributed by atoms with Gasteiger partial charge in [0, 0.05) is 22.7 Å². The summed E-state index contributed by atoms with van der Waals surface area (Å²) in [7, 11) is 1.28. The summed E-state index contributed by atoms with van der Waals surface area (Å²) in [4.78, 5) is 52.5. The average molecular weight is 526 g/mol. The van der Waals surface area contributed by atoms with E-state index in [0.29, 0.717) is 29.2 Å². The van der Waals surface area contributed by atoms with Gasteiger partial charge in [0.15, 0.2) is 0 Å². The van der Waals surface area contributed by atoms with Crippen LogP contribution in [0.25, 0.3) is 0 Å². The number of halogens is 1. The van der Waals surface area contributed by atoms with E-state index in [0.717, 1.165) is 10.4 Å². The number of methoxy groups -OCH3 is 1. The van der Waals surface area contributed by atoms with E-state index in [4.69, 9.17) is 9.47 Å². The molecule has 0 fully saturated rings. The summed E-state index contributed by atoms with van der Waals surface area (Å²) in [6.07, 6.45) is -0.0590. The van der Waals surface area contributed by atoms with Crippen molar-refractivity contribution >= 4 is 45.9 Å². The lowest BCUT2D eigenvalue weighted by Crippen LogP contribution is -2.36. The Balaban J connectivity index is 1.63. The molecule has 37 heavy (non-hydrogen) atoms. The minimum atomic E-state index is -0.502. The number of nitrogens with one attached hydrogen (secondary N) is 2. The highest BCUT2D eigenvalue weighted by atomic mass is 32.1. The number of benzene rings is 2. The lowest BCUT2D eigenvalue weighted by molar-refractivity contribution is 0.0600. The zero-order valence-corrected chi connectivity index (χ0v) is 20.9. The first-order chi connectivity index (χ1) is 17.8. The fraction of sp³-hybridized carbons (Fsp3) is 0.231. The lowest BCUT2D eigenvalue weighted by Gasteiger charge is -2.26. The van der Waals surface area contributed by atoms with Crippen LogP contribution < -0.4 is 10.6 Å². The molecule has 1 aliphatic rings. The number of hydrogen-bond acceptors (Lipinski definition) is 7. The fourth-order valence-electron chi connectivity index (χ4n) is 3.88. The molecule has 0 unspecified atom stereocenters. The Morgan fingerprint density at radius 1 is 0.973 bits per heavy atom. The molecule has 0 radical (unpaired) electrons. The van der Waals surface area contributed by atoms with Crippen molar-refractivity contribution in [2.24, 2.45) is 0 Å². The van der Waals surface area contributed by atoms with Crippen LogP contribution in [-0.2, 0) is 22.4 Å². The van der Waals surface area contributed by atoms with E-state index in [9.17, 15) is 23.6 Å². The van der Waals surface area contributed by atoms with Gasteiger partial charge in [0.1, 0.15) is 10.8 Å².